The van der Waals surface area contributed by atoms with Crippen molar-refractivity contribution in [2.24, 2.45) is 0 Å². The summed E-state index contributed by atoms with van der Waals surface area (Å²) in [6.07, 6.45) is 3.04. The minimum atomic E-state index is -0.189. The molecule has 1 atom stereocenters. The molecule has 0 saturated carbocycles. The van der Waals surface area contributed by atoms with E-state index in [-0.39, 0.29) is 23.7 Å². The zero-order valence-corrected chi connectivity index (χ0v) is 11.6. The van der Waals surface area contributed by atoms with Crippen LogP contribution in [0.1, 0.15) is 47.0 Å². The van der Waals surface area contributed by atoms with E-state index in [0.717, 1.165) is 32.4 Å². The Morgan fingerprint density at radius 3 is 2.76 bits per heavy atom. The predicted molar refractivity (Wildman–Crippen MR) is 69.0 cm³/mol. The Bertz CT molecular complexity index is 258. The fraction of sp³-hybridized carbons (Fsp3) is 0.923. The van der Waals surface area contributed by atoms with Gasteiger partial charge in [-0.15, -0.1) is 0 Å². The van der Waals surface area contributed by atoms with Gasteiger partial charge in [0.1, 0.15) is 6.61 Å². The lowest BCUT2D eigenvalue weighted by Gasteiger charge is -2.34. The molecule has 0 aliphatic carbocycles. The van der Waals surface area contributed by atoms with E-state index in [2.05, 4.69) is 24.5 Å². The van der Waals surface area contributed by atoms with Gasteiger partial charge in [0.15, 0.2) is 0 Å². The Kier molecular flexibility index (Phi) is 4.95. The summed E-state index contributed by atoms with van der Waals surface area (Å²) in [6.45, 7) is 10.2. The number of nitrogens with one attached hydrogen (secondary N) is 2. The van der Waals surface area contributed by atoms with Crippen LogP contribution >= 0.6 is 0 Å². The number of ether oxygens (including phenoxy) is 1. The first-order chi connectivity index (χ1) is 7.87. The normalized spacial score (nSPS) is 25.6. The van der Waals surface area contributed by atoms with Crippen LogP contribution in [0, 0.1) is 0 Å². The molecule has 4 heteroatoms. The molecule has 1 aliphatic heterocycles. The number of carbonyl (C=O) groups is 1. The summed E-state index contributed by atoms with van der Waals surface area (Å²) in [6, 6.07) is 0. The average Bonchev–Trinajstić information content (AvgIpc) is 2.27. The van der Waals surface area contributed by atoms with E-state index in [0.29, 0.717) is 0 Å². The summed E-state index contributed by atoms with van der Waals surface area (Å²) in [5, 5.41) is 6.28. The zero-order chi connectivity index (χ0) is 12.9. The van der Waals surface area contributed by atoms with Gasteiger partial charge in [-0.05, 0) is 46.6 Å². The molecule has 100 valence electrons. The van der Waals surface area contributed by atoms with Crippen molar-refractivity contribution in [3.05, 3.63) is 0 Å². The van der Waals surface area contributed by atoms with Crippen LogP contribution < -0.4 is 10.6 Å². The van der Waals surface area contributed by atoms with Crippen molar-refractivity contribution in [3.8, 4) is 0 Å². The van der Waals surface area contributed by atoms with Crippen LogP contribution in [-0.2, 0) is 9.53 Å². The molecule has 2 N–H and O–H groups in total. The van der Waals surface area contributed by atoms with E-state index in [4.69, 9.17) is 4.74 Å². The van der Waals surface area contributed by atoms with Crippen molar-refractivity contribution < 1.29 is 9.53 Å². The maximum atomic E-state index is 11.7. The van der Waals surface area contributed by atoms with Crippen molar-refractivity contribution in [2.75, 3.05) is 19.7 Å². The molecule has 4 nitrogen and oxygen atoms in total. The minimum absolute atomic E-state index is 0.0244. The summed E-state index contributed by atoms with van der Waals surface area (Å²) in [5.41, 5.74) is -0.335. The molecule has 0 radical (unpaired) electrons. The summed E-state index contributed by atoms with van der Waals surface area (Å²) < 4.78 is 5.75. The lowest BCUT2D eigenvalue weighted by atomic mass is 9.96. The lowest BCUT2D eigenvalue weighted by molar-refractivity contribution is -0.135. The second-order valence-electron chi connectivity index (χ2n) is 5.80. The van der Waals surface area contributed by atoms with Gasteiger partial charge in [0, 0.05) is 12.1 Å². The molecule has 0 aromatic rings. The molecular weight excluding hydrogens is 216 g/mol. The highest BCUT2D eigenvalue weighted by atomic mass is 16.5. The monoisotopic (exact) mass is 242 g/mol. The van der Waals surface area contributed by atoms with Crippen LogP contribution in [-0.4, -0.2) is 36.7 Å². The van der Waals surface area contributed by atoms with Crippen molar-refractivity contribution >= 4 is 5.91 Å². The summed E-state index contributed by atoms with van der Waals surface area (Å²) in [4.78, 5) is 11.7. The Labute approximate surface area is 104 Å². The molecular formula is C13H26N2O2. The Hall–Kier alpha value is -0.610. The zero-order valence-electron chi connectivity index (χ0n) is 11.6. The van der Waals surface area contributed by atoms with Crippen molar-refractivity contribution in [2.45, 2.75) is 58.1 Å². The SMILES string of the molecule is CCC(C)(C)NC(=O)COC1(C)CCCNC1. The number of hydrogen-bond donors (Lipinski definition) is 2. The lowest BCUT2D eigenvalue weighted by Crippen LogP contribution is -2.49. The molecule has 0 bridgehead atoms. The number of piperidine rings is 1. The molecule has 17 heavy (non-hydrogen) atoms. The van der Waals surface area contributed by atoms with Gasteiger partial charge < -0.3 is 15.4 Å². The third-order valence-corrected chi connectivity index (χ3v) is 3.47. The van der Waals surface area contributed by atoms with E-state index in [9.17, 15) is 4.79 Å². The average molecular weight is 242 g/mol. The molecule has 1 fully saturated rings. The van der Waals surface area contributed by atoms with Crippen molar-refractivity contribution in [1.82, 2.24) is 10.6 Å². The van der Waals surface area contributed by atoms with E-state index >= 15 is 0 Å². The fourth-order valence-corrected chi connectivity index (χ4v) is 1.89. The molecule has 1 rings (SSSR count). The highest BCUT2D eigenvalue weighted by Gasteiger charge is 2.28. The van der Waals surface area contributed by atoms with Crippen LogP contribution in [0.2, 0.25) is 0 Å². The fourth-order valence-electron chi connectivity index (χ4n) is 1.89. The summed E-state index contributed by atoms with van der Waals surface area (Å²) in [7, 11) is 0. The molecule has 0 spiro atoms. The van der Waals surface area contributed by atoms with Crippen LogP contribution in [0.4, 0.5) is 0 Å². The molecule has 1 aliphatic rings. The first kappa shape index (κ1) is 14.5. The predicted octanol–water partition coefficient (Wildman–Crippen LogP) is 1.45. The smallest absolute Gasteiger partial charge is 0.246 e. The first-order valence-electron chi connectivity index (χ1n) is 6.53. The van der Waals surface area contributed by atoms with Crippen LogP contribution in [0.25, 0.3) is 0 Å². The molecule has 0 aromatic carbocycles. The van der Waals surface area contributed by atoms with Crippen molar-refractivity contribution in [3.63, 3.8) is 0 Å². The Balaban J connectivity index is 2.32. The van der Waals surface area contributed by atoms with Gasteiger partial charge in [-0.25, -0.2) is 0 Å². The minimum Gasteiger partial charge on any atom is -0.364 e. The standard InChI is InChI=1S/C13H26N2O2/c1-5-12(2,3)15-11(16)9-17-13(4)7-6-8-14-10-13/h14H,5-10H2,1-4H3,(H,15,16). The third-order valence-electron chi connectivity index (χ3n) is 3.47. The van der Waals surface area contributed by atoms with E-state index in [1.807, 2.05) is 13.8 Å². The van der Waals surface area contributed by atoms with E-state index < -0.39 is 0 Å². The van der Waals surface area contributed by atoms with Gasteiger partial charge in [-0.3, -0.25) is 4.79 Å². The van der Waals surface area contributed by atoms with Crippen LogP contribution in [0.15, 0.2) is 0 Å². The van der Waals surface area contributed by atoms with Crippen LogP contribution in [0.3, 0.4) is 0 Å². The van der Waals surface area contributed by atoms with E-state index in [1.54, 1.807) is 0 Å². The summed E-state index contributed by atoms with van der Waals surface area (Å²) in [5.74, 6) is -0.0244. The Morgan fingerprint density at radius 1 is 1.53 bits per heavy atom. The maximum Gasteiger partial charge on any atom is 0.246 e. The van der Waals surface area contributed by atoms with Crippen molar-refractivity contribution in [1.29, 1.82) is 0 Å². The first-order valence-corrected chi connectivity index (χ1v) is 6.53. The quantitative estimate of drug-likeness (QED) is 0.767. The van der Waals surface area contributed by atoms with Crippen LogP contribution in [0.5, 0.6) is 0 Å². The van der Waals surface area contributed by atoms with Gasteiger partial charge >= 0.3 is 0 Å². The van der Waals surface area contributed by atoms with Gasteiger partial charge in [-0.1, -0.05) is 6.92 Å². The highest BCUT2D eigenvalue weighted by molar-refractivity contribution is 5.78. The second-order valence-corrected chi connectivity index (χ2v) is 5.80. The van der Waals surface area contributed by atoms with Gasteiger partial charge in [-0.2, -0.15) is 0 Å². The highest BCUT2D eigenvalue weighted by Crippen LogP contribution is 2.19. The Morgan fingerprint density at radius 2 is 2.24 bits per heavy atom. The molecule has 0 aromatic heterocycles. The molecule has 1 amide bonds. The largest absolute Gasteiger partial charge is 0.364 e. The summed E-state index contributed by atoms with van der Waals surface area (Å²) >= 11 is 0. The van der Waals surface area contributed by atoms with Gasteiger partial charge in [0.25, 0.3) is 0 Å². The maximum absolute atomic E-state index is 11.7. The number of rotatable bonds is 5. The topological polar surface area (TPSA) is 50.4 Å². The third kappa shape index (κ3) is 5.04. The van der Waals surface area contributed by atoms with E-state index in [1.165, 1.54) is 0 Å². The number of carbonyl (C=O) groups excluding carboxylic acids is 1. The molecule has 1 heterocycles. The van der Waals surface area contributed by atoms with Gasteiger partial charge in [0.05, 0.1) is 5.60 Å². The number of hydrogen-bond acceptors (Lipinski definition) is 3. The molecule has 1 unspecified atom stereocenters. The van der Waals surface area contributed by atoms with Gasteiger partial charge in [0.2, 0.25) is 5.91 Å². The second kappa shape index (κ2) is 5.83. The molecule has 1 saturated heterocycles. The number of amides is 1.